The van der Waals surface area contributed by atoms with Crippen LogP contribution >= 0.6 is 15.9 Å². The van der Waals surface area contributed by atoms with Gasteiger partial charge in [0.15, 0.2) is 10.4 Å². The van der Waals surface area contributed by atoms with Gasteiger partial charge in [0.2, 0.25) is 5.91 Å². The van der Waals surface area contributed by atoms with Crippen molar-refractivity contribution in [3.63, 3.8) is 0 Å². The van der Waals surface area contributed by atoms with Gasteiger partial charge in [-0.1, -0.05) is 32.9 Å². The number of rotatable bonds is 8. The normalized spacial score (nSPS) is 16.3. The Bertz CT molecular complexity index is 870. The summed E-state index contributed by atoms with van der Waals surface area (Å²) < 4.78 is 5.76. The van der Waals surface area contributed by atoms with Gasteiger partial charge in [-0.15, -0.1) is 0 Å². The summed E-state index contributed by atoms with van der Waals surface area (Å²) in [5, 5.41) is 5.91. The summed E-state index contributed by atoms with van der Waals surface area (Å²) in [5.74, 6) is 1.23. The maximum atomic E-state index is 12.5. The molecule has 6 nitrogen and oxygen atoms in total. The Balaban J connectivity index is 1.48. The third kappa shape index (κ3) is 6.94. The van der Waals surface area contributed by atoms with Crippen LogP contribution in [0, 0.1) is 11.8 Å². The SMILES string of the molecule is CC1CCN(C(CNC(=O)Cc2ccc(NC(=O)c3ccc(Br)o3)cc2)C(C)C)CC1. The van der Waals surface area contributed by atoms with E-state index in [0.29, 0.717) is 35.3 Å². The molecular formula is C24H32BrN3O3. The van der Waals surface area contributed by atoms with Gasteiger partial charge in [0.25, 0.3) is 5.91 Å². The van der Waals surface area contributed by atoms with Crippen molar-refractivity contribution >= 4 is 33.4 Å². The first-order valence-electron chi connectivity index (χ1n) is 11.0. The number of piperidine rings is 1. The predicted molar refractivity (Wildman–Crippen MR) is 126 cm³/mol. The van der Waals surface area contributed by atoms with Crippen LogP contribution in [0.1, 0.15) is 49.7 Å². The average Bonchev–Trinajstić information content (AvgIpc) is 3.17. The number of carbonyl (C=O) groups is 2. The first-order valence-corrected chi connectivity index (χ1v) is 11.8. The van der Waals surface area contributed by atoms with Crippen molar-refractivity contribution in [1.82, 2.24) is 10.2 Å². The third-order valence-electron chi connectivity index (χ3n) is 5.94. The lowest BCUT2D eigenvalue weighted by molar-refractivity contribution is -0.120. The highest BCUT2D eigenvalue weighted by Crippen LogP contribution is 2.21. The van der Waals surface area contributed by atoms with Gasteiger partial charge in [0.05, 0.1) is 6.42 Å². The molecule has 1 aromatic heterocycles. The molecule has 0 saturated carbocycles. The number of nitrogens with zero attached hydrogens (tertiary/aromatic N) is 1. The molecule has 1 aliphatic heterocycles. The van der Waals surface area contributed by atoms with Crippen molar-refractivity contribution in [2.75, 3.05) is 25.0 Å². The van der Waals surface area contributed by atoms with Gasteiger partial charge in [-0.25, -0.2) is 0 Å². The van der Waals surface area contributed by atoms with Crippen LogP contribution in [0.5, 0.6) is 0 Å². The van der Waals surface area contributed by atoms with Crippen molar-refractivity contribution in [2.24, 2.45) is 11.8 Å². The smallest absolute Gasteiger partial charge is 0.291 e. The Hall–Kier alpha value is -2.12. The summed E-state index contributed by atoms with van der Waals surface area (Å²) in [5.41, 5.74) is 1.56. The fraction of sp³-hybridized carbons (Fsp3) is 0.500. The topological polar surface area (TPSA) is 74.6 Å². The van der Waals surface area contributed by atoms with Gasteiger partial charge in [-0.2, -0.15) is 0 Å². The third-order valence-corrected chi connectivity index (χ3v) is 6.36. The molecule has 2 aromatic rings. The first-order chi connectivity index (χ1) is 14.8. The monoisotopic (exact) mass is 489 g/mol. The van der Waals surface area contributed by atoms with Crippen molar-refractivity contribution < 1.29 is 14.0 Å². The van der Waals surface area contributed by atoms with Crippen LogP contribution in [0.15, 0.2) is 45.5 Å². The van der Waals surface area contributed by atoms with Crippen LogP contribution in [0.3, 0.4) is 0 Å². The second-order valence-electron chi connectivity index (χ2n) is 8.77. The zero-order valence-corrected chi connectivity index (χ0v) is 20.1. The largest absolute Gasteiger partial charge is 0.444 e. The van der Waals surface area contributed by atoms with Crippen molar-refractivity contribution in [3.8, 4) is 0 Å². The summed E-state index contributed by atoms with van der Waals surface area (Å²) in [6.45, 7) is 9.67. The minimum Gasteiger partial charge on any atom is -0.444 e. The van der Waals surface area contributed by atoms with Gasteiger partial charge in [0.1, 0.15) is 0 Å². The van der Waals surface area contributed by atoms with Crippen LogP contribution in [0.25, 0.3) is 0 Å². The minimum absolute atomic E-state index is 0.0215. The number of likely N-dealkylation sites (tertiary alicyclic amines) is 1. The van der Waals surface area contributed by atoms with Crippen LogP contribution < -0.4 is 10.6 Å². The van der Waals surface area contributed by atoms with Crippen molar-refractivity contribution in [3.05, 3.63) is 52.4 Å². The number of nitrogens with one attached hydrogen (secondary N) is 2. The number of furan rings is 1. The molecular weight excluding hydrogens is 458 g/mol. The lowest BCUT2D eigenvalue weighted by atomic mass is 9.94. The fourth-order valence-electron chi connectivity index (χ4n) is 3.95. The molecule has 1 aromatic carbocycles. The molecule has 1 fully saturated rings. The van der Waals surface area contributed by atoms with Gasteiger partial charge in [-0.05, 0) is 83.5 Å². The van der Waals surface area contributed by atoms with E-state index in [2.05, 4.69) is 52.2 Å². The quantitative estimate of drug-likeness (QED) is 0.562. The Labute approximate surface area is 192 Å². The molecule has 31 heavy (non-hydrogen) atoms. The molecule has 0 spiro atoms. The van der Waals surface area contributed by atoms with Gasteiger partial charge in [0, 0.05) is 18.3 Å². The molecule has 1 atom stereocenters. The Kier molecular flexibility index (Phi) is 8.32. The van der Waals surface area contributed by atoms with Gasteiger partial charge < -0.3 is 15.1 Å². The number of hydrogen-bond acceptors (Lipinski definition) is 4. The zero-order valence-electron chi connectivity index (χ0n) is 18.5. The summed E-state index contributed by atoms with van der Waals surface area (Å²) in [6.07, 6.45) is 2.79. The lowest BCUT2D eigenvalue weighted by Crippen LogP contribution is -2.49. The van der Waals surface area contributed by atoms with Gasteiger partial charge >= 0.3 is 0 Å². The summed E-state index contributed by atoms with van der Waals surface area (Å²) in [6, 6.07) is 11.0. The van der Waals surface area contributed by atoms with E-state index < -0.39 is 0 Å². The summed E-state index contributed by atoms with van der Waals surface area (Å²) in [7, 11) is 0. The van der Waals surface area contributed by atoms with Crippen molar-refractivity contribution in [1.29, 1.82) is 0 Å². The maximum absolute atomic E-state index is 12.5. The first kappa shape index (κ1) is 23.5. The lowest BCUT2D eigenvalue weighted by Gasteiger charge is -2.38. The van der Waals surface area contributed by atoms with E-state index in [4.69, 9.17) is 4.42 Å². The van der Waals surface area contributed by atoms with Crippen LogP contribution in [-0.4, -0.2) is 42.4 Å². The van der Waals surface area contributed by atoms with E-state index in [1.807, 2.05) is 12.1 Å². The van der Waals surface area contributed by atoms with E-state index in [1.165, 1.54) is 12.8 Å². The molecule has 7 heteroatoms. The highest BCUT2D eigenvalue weighted by molar-refractivity contribution is 9.10. The molecule has 3 rings (SSSR count). The van der Waals surface area contributed by atoms with Crippen LogP contribution in [-0.2, 0) is 11.2 Å². The summed E-state index contributed by atoms with van der Waals surface area (Å²) >= 11 is 3.19. The number of carbonyl (C=O) groups excluding carboxylic acids is 2. The van der Waals surface area contributed by atoms with E-state index in [-0.39, 0.29) is 17.6 Å². The van der Waals surface area contributed by atoms with Gasteiger partial charge in [-0.3, -0.25) is 14.5 Å². The molecule has 0 aliphatic carbocycles. The van der Waals surface area contributed by atoms with Crippen LogP contribution in [0.2, 0.25) is 0 Å². The highest BCUT2D eigenvalue weighted by Gasteiger charge is 2.25. The molecule has 0 bridgehead atoms. The van der Waals surface area contributed by atoms with Crippen LogP contribution in [0.4, 0.5) is 5.69 Å². The second-order valence-corrected chi connectivity index (χ2v) is 9.55. The van der Waals surface area contributed by atoms with E-state index >= 15 is 0 Å². The maximum Gasteiger partial charge on any atom is 0.291 e. The molecule has 168 valence electrons. The molecule has 2 heterocycles. The van der Waals surface area contributed by atoms with E-state index in [0.717, 1.165) is 24.6 Å². The number of hydrogen-bond donors (Lipinski definition) is 2. The molecule has 1 aliphatic rings. The fourth-order valence-corrected chi connectivity index (χ4v) is 4.25. The Morgan fingerprint density at radius 1 is 1.13 bits per heavy atom. The zero-order chi connectivity index (χ0) is 22.4. The Morgan fingerprint density at radius 3 is 2.39 bits per heavy atom. The molecule has 1 saturated heterocycles. The standard InChI is InChI=1S/C24H32BrN3O3/c1-16(2)20(28-12-10-17(3)11-13-28)15-26-23(29)14-18-4-6-19(7-5-18)27-24(30)21-8-9-22(25)31-21/h4-9,16-17,20H,10-15H2,1-3H3,(H,26,29)(H,27,30). The number of amides is 2. The predicted octanol–water partition coefficient (Wildman–Crippen LogP) is 4.71. The number of halogens is 1. The highest BCUT2D eigenvalue weighted by atomic mass is 79.9. The molecule has 2 N–H and O–H groups in total. The summed E-state index contributed by atoms with van der Waals surface area (Å²) in [4.78, 5) is 27.2. The Morgan fingerprint density at radius 2 is 1.81 bits per heavy atom. The average molecular weight is 490 g/mol. The second kappa shape index (κ2) is 11.0. The minimum atomic E-state index is -0.317. The molecule has 1 unspecified atom stereocenters. The van der Waals surface area contributed by atoms with E-state index in [1.54, 1.807) is 24.3 Å². The number of anilines is 1. The molecule has 0 radical (unpaired) electrons. The van der Waals surface area contributed by atoms with Crippen molar-refractivity contribution in [2.45, 2.75) is 46.1 Å². The molecule has 2 amide bonds. The number of benzene rings is 1. The van der Waals surface area contributed by atoms with E-state index in [9.17, 15) is 9.59 Å².